The van der Waals surface area contributed by atoms with Gasteiger partial charge in [0.15, 0.2) is 0 Å². The number of hydrogen-bond acceptors (Lipinski definition) is 2. The van der Waals surface area contributed by atoms with Crippen LogP contribution in [0.25, 0.3) is 0 Å². The maximum atomic E-state index is 13.1. The first-order valence-electron chi connectivity index (χ1n) is 5.43. The molecule has 1 aromatic carbocycles. The highest BCUT2D eigenvalue weighted by Crippen LogP contribution is 2.19. The predicted octanol–water partition coefficient (Wildman–Crippen LogP) is 1.79. The van der Waals surface area contributed by atoms with Crippen molar-refractivity contribution < 1.29 is 4.39 Å². The summed E-state index contributed by atoms with van der Waals surface area (Å²) in [5.41, 5.74) is 1.06. The molecular weight excluding hydrogens is 191 g/mol. The van der Waals surface area contributed by atoms with Crippen LogP contribution in [-0.4, -0.2) is 31.6 Å². The van der Waals surface area contributed by atoms with E-state index >= 15 is 0 Å². The van der Waals surface area contributed by atoms with Crippen LogP contribution < -0.4 is 5.32 Å². The second kappa shape index (κ2) is 4.73. The molecule has 1 heterocycles. The van der Waals surface area contributed by atoms with E-state index < -0.39 is 0 Å². The van der Waals surface area contributed by atoms with E-state index in [1.165, 1.54) is 6.07 Å². The van der Waals surface area contributed by atoms with Crippen LogP contribution in [0.3, 0.4) is 0 Å². The summed E-state index contributed by atoms with van der Waals surface area (Å²) in [5, 5.41) is 3.45. The van der Waals surface area contributed by atoms with Crippen molar-refractivity contribution in [1.29, 1.82) is 0 Å². The molecule has 0 amide bonds. The molecule has 1 aliphatic heterocycles. The van der Waals surface area contributed by atoms with Crippen LogP contribution in [0.5, 0.6) is 0 Å². The molecule has 0 aliphatic carbocycles. The molecule has 1 aromatic rings. The third-order valence-corrected chi connectivity index (χ3v) is 2.93. The predicted molar refractivity (Wildman–Crippen MR) is 59.3 cm³/mol. The van der Waals surface area contributed by atoms with E-state index in [0.29, 0.717) is 6.04 Å². The van der Waals surface area contributed by atoms with Gasteiger partial charge in [-0.3, -0.25) is 0 Å². The van der Waals surface area contributed by atoms with Crippen LogP contribution in [0.4, 0.5) is 4.39 Å². The first-order valence-corrected chi connectivity index (χ1v) is 5.43. The van der Waals surface area contributed by atoms with Gasteiger partial charge in [-0.05, 0) is 37.7 Å². The van der Waals surface area contributed by atoms with Gasteiger partial charge in [0.2, 0.25) is 0 Å². The van der Waals surface area contributed by atoms with E-state index in [0.717, 1.165) is 31.6 Å². The lowest BCUT2D eigenvalue weighted by Gasteiger charge is -2.16. The normalized spacial score (nSPS) is 23.7. The minimum absolute atomic E-state index is 0.146. The molecule has 1 saturated heterocycles. The number of halogens is 1. The highest BCUT2D eigenvalue weighted by molar-refractivity contribution is 5.20. The van der Waals surface area contributed by atoms with Gasteiger partial charge >= 0.3 is 0 Å². The topological polar surface area (TPSA) is 15.3 Å². The summed E-state index contributed by atoms with van der Waals surface area (Å²) >= 11 is 0. The average molecular weight is 208 g/mol. The monoisotopic (exact) mass is 208 g/mol. The van der Waals surface area contributed by atoms with Crippen molar-refractivity contribution in [3.63, 3.8) is 0 Å². The summed E-state index contributed by atoms with van der Waals surface area (Å²) < 4.78 is 13.1. The quantitative estimate of drug-likeness (QED) is 0.757. The van der Waals surface area contributed by atoms with Gasteiger partial charge in [-0.2, -0.15) is 0 Å². The van der Waals surface area contributed by atoms with Crippen LogP contribution in [0.2, 0.25) is 0 Å². The van der Waals surface area contributed by atoms with Gasteiger partial charge in [0.05, 0.1) is 0 Å². The summed E-state index contributed by atoms with van der Waals surface area (Å²) in [6.07, 6.45) is 1.04. The Balaban J connectivity index is 2.09. The molecule has 1 N–H and O–H groups in total. The van der Waals surface area contributed by atoms with E-state index in [2.05, 4.69) is 17.3 Å². The fourth-order valence-electron chi connectivity index (χ4n) is 2.00. The minimum atomic E-state index is -0.146. The van der Waals surface area contributed by atoms with Crippen molar-refractivity contribution in [2.75, 3.05) is 26.7 Å². The van der Waals surface area contributed by atoms with E-state index in [4.69, 9.17) is 0 Å². The molecule has 1 aliphatic rings. The Hall–Kier alpha value is -0.930. The number of rotatable bonds is 1. The highest BCUT2D eigenvalue weighted by atomic mass is 19.1. The van der Waals surface area contributed by atoms with E-state index in [-0.39, 0.29) is 5.82 Å². The molecule has 3 heteroatoms. The number of likely N-dealkylation sites (N-methyl/N-ethyl adjacent to an activating group) is 1. The summed E-state index contributed by atoms with van der Waals surface area (Å²) in [6.45, 7) is 3.09. The summed E-state index contributed by atoms with van der Waals surface area (Å²) in [5.74, 6) is -0.146. The van der Waals surface area contributed by atoms with Crippen molar-refractivity contribution >= 4 is 0 Å². The zero-order valence-electron chi connectivity index (χ0n) is 9.04. The lowest BCUT2D eigenvalue weighted by molar-refractivity contribution is 0.355. The van der Waals surface area contributed by atoms with Crippen LogP contribution in [0.1, 0.15) is 18.0 Å². The second-order valence-corrected chi connectivity index (χ2v) is 4.15. The molecule has 1 fully saturated rings. The van der Waals surface area contributed by atoms with Gasteiger partial charge in [0.1, 0.15) is 5.82 Å². The first-order chi connectivity index (χ1) is 7.25. The Labute approximate surface area is 90.1 Å². The van der Waals surface area contributed by atoms with Gasteiger partial charge < -0.3 is 10.2 Å². The number of nitrogens with zero attached hydrogens (tertiary/aromatic N) is 1. The van der Waals surface area contributed by atoms with Crippen molar-refractivity contribution in [2.24, 2.45) is 0 Å². The van der Waals surface area contributed by atoms with Crippen molar-refractivity contribution in [3.8, 4) is 0 Å². The number of nitrogens with one attached hydrogen (secondary N) is 1. The SMILES string of the molecule is CN1CCNC(c2cccc(F)c2)CC1. The highest BCUT2D eigenvalue weighted by Gasteiger charge is 2.15. The molecule has 0 spiro atoms. The number of hydrogen-bond donors (Lipinski definition) is 1. The first kappa shape index (κ1) is 10.6. The fraction of sp³-hybridized carbons (Fsp3) is 0.500. The second-order valence-electron chi connectivity index (χ2n) is 4.15. The lowest BCUT2D eigenvalue weighted by Crippen LogP contribution is -2.25. The Morgan fingerprint density at radius 3 is 3.07 bits per heavy atom. The lowest BCUT2D eigenvalue weighted by atomic mass is 10.0. The van der Waals surface area contributed by atoms with Crippen molar-refractivity contribution in [2.45, 2.75) is 12.5 Å². The largest absolute Gasteiger partial charge is 0.309 e. The molecule has 15 heavy (non-hydrogen) atoms. The van der Waals surface area contributed by atoms with Gasteiger partial charge in [-0.15, -0.1) is 0 Å². The molecule has 0 saturated carbocycles. The van der Waals surface area contributed by atoms with Gasteiger partial charge in [-0.25, -0.2) is 4.39 Å². The van der Waals surface area contributed by atoms with E-state index in [1.54, 1.807) is 12.1 Å². The third-order valence-electron chi connectivity index (χ3n) is 2.93. The van der Waals surface area contributed by atoms with Crippen LogP contribution in [0.15, 0.2) is 24.3 Å². The fourth-order valence-corrected chi connectivity index (χ4v) is 2.00. The Kier molecular flexibility index (Phi) is 3.34. The molecule has 1 unspecified atom stereocenters. The average Bonchev–Trinajstić information content (AvgIpc) is 2.43. The van der Waals surface area contributed by atoms with Crippen LogP contribution in [-0.2, 0) is 0 Å². The minimum Gasteiger partial charge on any atom is -0.309 e. The smallest absolute Gasteiger partial charge is 0.123 e. The van der Waals surface area contributed by atoms with Crippen LogP contribution >= 0.6 is 0 Å². The van der Waals surface area contributed by atoms with E-state index in [1.807, 2.05) is 6.07 Å². The number of benzene rings is 1. The summed E-state index contributed by atoms with van der Waals surface area (Å²) in [4.78, 5) is 2.30. The molecule has 0 radical (unpaired) electrons. The molecular formula is C12H17FN2. The van der Waals surface area contributed by atoms with Crippen molar-refractivity contribution in [1.82, 2.24) is 10.2 Å². The molecule has 1 atom stereocenters. The van der Waals surface area contributed by atoms with Gasteiger partial charge in [-0.1, -0.05) is 12.1 Å². The maximum absolute atomic E-state index is 13.1. The standard InChI is InChI=1S/C12H17FN2/c1-15-7-5-12(14-6-8-15)10-3-2-4-11(13)9-10/h2-4,9,12,14H,5-8H2,1H3. The maximum Gasteiger partial charge on any atom is 0.123 e. The molecule has 0 aromatic heterocycles. The Morgan fingerprint density at radius 1 is 1.40 bits per heavy atom. The van der Waals surface area contributed by atoms with Gasteiger partial charge in [0.25, 0.3) is 0 Å². The molecule has 0 bridgehead atoms. The third kappa shape index (κ3) is 2.76. The molecule has 2 rings (SSSR count). The van der Waals surface area contributed by atoms with Crippen molar-refractivity contribution in [3.05, 3.63) is 35.6 Å². The summed E-state index contributed by atoms with van der Waals surface area (Å²) in [7, 11) is 2.12. The molecule has 82 valence electrons. The Morgan fingerprint density at radius 2 is 2.27 bits per heavy atom. The van der Waals surface area contributed by atoms with Gasteiger partial charge in [0, 0.05) is 19.1 Å². The molecule has 2 nitrogen and oxygen atoms in total. The van der Waals surface area contributed by atoms with E-state index in [9.17, 15) is 4.39 Å². The zero-order chi connectivity index (χ0) is 10.7. The Bertz CT molecular complexity index is 327. The zero-order valence-corrected chi connectivity index (χ0v) is 9.04. The summed E-state index contributed by atoms with van der Waals surface area (Å²) in [6, 6.07) is 7.19. The van der Waals surface area contributed by atoms with Crippen LogP contribution in [0, 0.1) is 5.82 Å².